The summed E-state index contributed by atoms with van der Waals surface area (Å²) in [5.74, 6) is -0.534. The highest BCUT2D eigenvalue weighted by Crippen LogP contribution is 2.29. The Labute approximate surface area is 155 Å². The predicted octanol–water partition coefficient (Wildman–Crippen LogP) is 5.70. The van der Waals surface area contributed by atoms with Crippen LogP contribution in [-0.2, 0) is 0 Å². The second-order valence-corrected chi connectivity index (χ2v) is 7.63. The van der Waals surface area contributed by atoms with Gasteiger partial charge >= 0.3 is 0 Å². The Hall–Kier alpha value is -2.05. The fourth-order valence-electron chi connectivity index (χ4n) is 2.20. The lowest BCUT2D eigenvalue weighted by molar-refractivity contribution is -0.385. The first kappa shape index (κ1) is 19.3. The fraction of sp³-hybridized carbons (Fsp3) is 0.278. The second kappa shape index (κ2) is 8.36. The maximum absolute atomic E-state index is 12.4. The fourth-order valence-corrected chi connectivity index (χ4v) is 3.39. The first-order valence-corrected chi connectivity index (χ1v) is 9.10. The highest BCUT2D eigenvalue weighted by Gasteiger charge is 2.21. The Balaban J connectivity index is 2.23. The largest absolute Gasteiger partial charge is 0.322 e. The van der Waals surface area contributed by atoms with Crippen molar-refractivity contribution >= 4 is 40.6 Å². The molecule has 0 bridgehead atoms. The van der Waals surface area contributed by atoms with Crippen LogP contribution in [0.1, 0.15) is 36.2 Å². The normalized spacial score (nSPS) is 11.8. The molecule has 0 aliphatic heterocycles. The Morgan fingerprint density at radius 3 is 2.64 bits per heavy atom. The number of nitrogens with one attached hydrogen (secondary N) is 1. The van der Waals surface area contributed by atoms with Gasteiger partial charge in [-0.3, -0.25) is 14.9 Å². The lowest BCUT2D eigenvalue weighted by Crippen LogP contribution is -2.14. The quantitative estimate of drug-likeness (QED) is 0.397. The Morgan fingerprint density at radius 2 is 2.04 bits per heavy atom. The minimum Gasteiger partial charge on any atom is -0.322 e. The van der Waals surface area contributed by atoms with Crippen LogP contribution in [-0.4, -0.2) is 16.1 Å². The number of hydrogen-bond donors (Lipinski definition) is 1. The van der Waals surface area contributed by atoms with Crippen LogP contribution >= 0.6 is 23.4 Å². The lowest BCUT2D eigenvalue weighted by atomic mass is 10.1. The predicted molar refractivity (Wildman–Crippen MR) is 103 cm³/mol. The molecule has 0 aliphatic carbocycles. The van der Waals surface area contributed by atoms with Crippen molar-refractivity contribution in [2.24, 2.45) is 0 Å². The van der Waals surface area contributed by atoms with Gasteiger partial charge in [0.1, 0.15) is 5.56 Å². The van der Waals surface area contributed by atoms with Crippen molar-refractivity contribution in [2.75, 3.05) is 5.32 Å². The number of nitrogens with zero attached hydrogens (tertiary/aromatic N) is 1. The highest BCUT2D eigenvalue weighted by atomic mass is 35.5. The number of benzene rings is 2. The zero-order chi connectivity index (χ0) is 18.6. The summed E-state index contributed by atoms with van der Waals surface area (Å²) < 4.78 is 0. The third kappa shape index (κ3) is 4.96. The third-order valence-electron chi connectivity index (χ3n) is 3.76. The van der Waals surface area contributed by atoms with E-state index in [1.54, 1.807) is 11.8 Å². The minimum atomic E-state index is -0.612. The SMILES string of the molecule is CCC(C)Sc1ccc(NC(=O)c2ccc(Cl)cc2[N+](=O)[O-])c(C)c1. The van der Waals surface area contributed by atoms with E-state index in [1.807, 2.05) is 25.1 Å². The molecule has 1 N–H and O–H groups in total. The Morgan fingerprint density at radius 1 is 1.32 bits per heavy atom. The molecule has 2 aromatic carbocycles. The van der Waals surface area contributed by atoms with Crippen LogP contribution in [0.5, 0.6) is 0 Å². The first-order chi connectivity index (χ1) is 11.8. The number of rotatable bonds is 6. The van der Waals surface area contributed by atoms with Crippen LogP contribution in [0.3, 0.4) is 0 Å². The van der Waals surface area contributed by atoms with Gasteiger partial charge in [-0.1, -0.05) is 25.4 Å². The molecular weight excluding hydrogens is 360 g/mol. The number of carbonyl (C=O) groups is 1. The van der Waals surface area contributed by atoms with Gasteiger partial charge in [0.25, 0.3) is 11.6 Å². The monoisotopic (exact) mass is 378 g/mol. The van der Waals surface area contributed by atoms with E-state index in [4.69, 9.17) is 11.6 Å². The molecular formula is C18H19ClN2O3S. The summed E-state index contributed by atoms with van der Waals surface area (Å²) in [5, 5.41) is 14.6. The van der Waals surface area contributed by atoms with Crippen LogP contribution in [0.25, 0.3) is 0 Å². The molecule has 0 aromatic heterocycles. The molecule has 0 saturated heterocycles. The number of hydrogen-bond acceptors (Lipinski definition) is 4. The first-order valence-electron chi connectivity index (χ1n) is 7.84. The van der Waals surface area contributed by atoms with Crippen LogP contribution < -0.4 is 5.32 Å². The molecule has 1 amide bonds. The van der Waals surface area contributed by atoms with E-state index in [2.05, 4.69) is 19.2 Å². The maximum Gasteiger partial charge on any atom is 0.283 e. The van der Waals surface area contributed by atoms with Crippen molar-refractivity contribution in [3.63, 3.8) is 0 Å². The van der Waals surface area contributed by atoms with E-state index in [0.29, 0.717) is 10.9 Å². The molecule has 2 rings (SSSR count). The van der Waals surface area contributed by atoms with Gasteiger partial charge in [0.05, 0.1) is 4.92 Å². The van der Waals surface area contributed by atoms with Gasteiger partial charge in [-0.2, -0.15) is 0 Å². The molecule has 7 heteroatoms. The van der Waals surface area contributed by atoms with Crippen molar-refractivity contribution in [3.8, 4) is 0 Å². The van der Waals surface area contributed by atoms with Gasteiger partial charge in [-0.15, -0.1) is 11.8 Å². The number of anilines is 1. The van der Waals surface area contributed by atoms with Crippen molar-refractivity contribution in [1.82, 2.24) is 0 Å². The number of carbonyl (C=O) groups excluding carboxylic acids is 1. The van der Waals surface area contributed by atoms with Crippen LogP contribution in [0.4, 0.5) is 11.4 Å². The highest BCUT2D eigenvalue weighted by molar-refractivity contribution is 7.99. The average Bonchev–Trinajstić information content (AvgIpc) is 2.56. The standard InChI is InChI=1S/C18H19ClN2O3S/c1-4-12(3)25-14-6-8-16(11(2)9-14)20-18(22)15-7-5-13(19)10-17(15)21(23)24/h5-10,12H,4H2,1-3H3,(H,20,22). The molecule has 0 spiro atoms. The van der Waals surface area contributed by atoms with Gasteiger partial charge < -0.3 is 5.32 Å². The molecule has 0 saturated carbocycles. The smallest absolute Gasteiger partial charge is 0.283 e. The van der Waals surface area contributed by atoms with Crippen molar-refractivity contribution in [1.29, 1.82) is 0 Å². The summed E-state index contributed by atoms with van der Waals surface area (Å²) in [5.41, 5.74) is 1.19. The van der Waals surface area contributed by atoms with Crippen molar-refractivity contribution in [2.45, 2.75) is 37.3 Å². The second-order valence-electron chi connectivity index (χ2n) is 5.69. The molecule has 0 fully saturated rings. The van der Waals surface area contributed by atoms with E-state index < -0.39 is 10.8 Å². The van der Waals surface area contributed by atoms with E-state index in [0.717, 1.165) is 16.9 Å². The zero-order valence-electron chi connectivity index (χ0n) is 14.2. The molecule has 25 heavy (non-hydrogen) atoms. The molecule has 0 heterocycles. The van der Waals surface area contributed by atoms with Crippen molar-refractivity contribution < 1.29 is 9.72 Å². The molecule has 132 valence electrons. The lowest BCUT2D eigenvalue weighted by Gasteiger charge is -2.12. The summed E-state index contributed by atoms with van der Waals surface area (Å²) in [7, 11) is 0. The van der Waals surface area contributed by atoms with Gasteiger partial charge in [-0.05, 0) is 49.2 Å². The zero-order valence-corrected chi connectivity index (χ0v) is 15.8. The van der Waals surface area contributed by atoms with E-state index in [1.165, 1.54) is 18.2 Å². The van der Waals surface area contributed by atoms with Gasteiger partial charge in [0, 0.05) is 26.9 Å². The van der Waals surface area contributed by atoms with Gasteiger partial charge in [0.15, 0.2) is 0 Å². The third-order valence-corrected chi connectivity index (χ3v) is 5.26. The number of halogens is 1. The van der Waals surface area contributed by atoms with Crippen LogP contribution in [0, 0.1) is 17.0 Å². The molecule has 1 atom stereocenters. The van der Waals surface area contributed by atoms with E-state index >= 15 is 0 Å². The summed E-state index contributed by atoms with van der Waals surface area (Å²) >= 11 is 7.56. The number of amides is 1. The molecule has 2 aromatic rings. The number of nitro benzene ring substituents is 1. The summed E-state index contributed by atoms with van der Waals surface area (Å²) in [6, 6.07) is 9.76. The van der Waals surface area contributed by atoms with Crippen LogP contribution in [0.15, 0.2) is 41.3 Å². The summed E-state index contributed by atoms with van der Waals surface area (Å²) in [6.07, 6.45) is 1.07. The van der Waals surface area contributed by atoms with Crippen LogP contribution in [0.2, 0.25) is 5.02 Å². The number of thioether (sulfide) groups is 1. The van der Waals surface area contributed by atoms with E-state index in [9.17, 15) is 14.9 Å². The Kier molecular flexibility index (Phi) is 6.45. The Bertz CT molecular complexity index is 811. The molecule has 0 aliphatic rings. The average molecular weight is 379 g/mol. The minimum absolute atomic E-state index is 0.0214. The van der Waals surface area contributed by atoms with Crippen molar-refractivity contribution in [3.05, 3.63) is 62.7 Å². The van der Waals surface area contributed by atoms with Gasteiger partial charge in [-0.25, -0.2) is 0 Å². The summed E-state index contributed by atoms with van der Waals surface area (Å²) in [4.78, 5) is 24.1. The van der Waals surface area contributed by atoms with Gasteiger partial charge in [0.2, 0.25) is 0 Å². The molecule has 5 nitrogen and oxygen atoms in total. The van der Waals surface area contributed by atoms with E-state index in [-0.39, 0.29) is 16.3 Å². The number of aryl methyl sites for hydroxylation is 1. The summed E-state index contributed by atoms with van der Waals surface area (Å²) in [6.45, 7) is 6.19. The maximum atomic E-state index is 12.4. The molecule has 1 unspecified atom stereocenters. The topological polar surface area (TPSA) is 72.2 Å². The molecule has 0 radical (unpaired) electrons. The number of nitro groups is 1.